The van der Waals surface area contributed by atoms with Crippen molar-refractivity contribution in [2.75, 3.05) is 5.32 Å². The average molecular weight is 258 g/mol. The molecule has 1 N–H and O–H groups in total. The molecule has 1 aromatic rings. The van der Waals surface area contributed by atoms with Gasteiger partial charge in [-0.1, -0.05) is 11.6 Å². The Labute approximate surface area is 93.0 Å². The van der Waals surface area contributed by atoms with Gasteiger partial charge in [0, 0.05) is 5.02 Å². The van der Waals surface area contributed by atoms with Crippen LogP contribution in [-0.2, 0) is 6.18 Å². The second kappa shape index (κ2) is 4.28. The number of anilines is 1. The van der Waals surface area contributed by atoms with E-state index in [0.29, 0.717) is 6.07 Å². The molecule has 0 unspecified atom stereocenters. The van der Waals surface area contributed by atoms with Crippen LogP contribution in [0, 0.1) is 0 Å². The van der Waals surface area contributed by atoms with E-state index in [0.717, 1.165) is 6.07 Å². The lowest BCUT2D eigenvalue weighted by molar-refractivity contribution is -0.136. The topological polar surface area (TPSA) is 29.1 Å². The summed E-state index contributed by atoms with van der Waals surface area (Å²) in [6.07, 6.45) is -4.60. The van der Waals surface area contributed by atoms with Crippen LogP contribution in [0.5, 0.6) is 0 Å². The number of carbonyl (C=O) groups excluding carboxylic acids is 1. The average Bonchev–Trinajstić information content (AvgIpc) is 2.05. The molecule has 0 atom stereocenters. The Hall–Kier alpha value is -0.940. The van der Waals surface area contributed by atoms with E-state index in [9.17, 15) is 18.0 Å². The Morgan fingerprint density at radius 1 is 1.33 bits per heavy atom. The number of amides is 1. The minimum absolute atomic E-state index is 0.0742. The first-order valence-electron chi connectivity index (χ1n) is 3.64. The lowest BCUT2D eigenvalue weighted by Crippen LogP contribution is -2.11. The molecular weight excluding hydrogens is 254 g/mol. The second-order valence-corrected chi connectivity index (χ2v) is 3.37. The minimum atomic E-state index is -4.60. The molecule has 0 saturated carbocycles. The van der Waals surface area contributed by atoms with Gasteiger partial charge < -0.3 is 5.32 Å². The Morgan fingerprint density at radius 2 is 1.93 bits per heavy atom. The Kier molecular flexibility index (Phi) is 3.46. The van der Waals surface area contributed by atoms with Crippen molar-refractivity contribution in [3.63, 3.8) is 0 Å². The third kappa shape index (κ3) is 3.28. The lowest BCUT2D eigenvalue weighted by atomic mass is 10.1. The monoisotopic (exact) mass is 257 g/mol. The smallest absolute Gasteiger partial charge is 0.312 e. The highest BCUT2D eigenvalue weighted by molar-refractivity contribution is 6.65. The number of nitrogens with one attached hydrogen (secondary N) is 1. The molecule has 0 heterocycles. The molecule has 2 nitrogen and oxygen atoms in total. The van der Waals surface area contributed by atoms with Crippen LogP contribution in [-0.4, -0.2) is 5.37 Å². The first-order chi connectivity index (χ1) is 6.80. The maximum absolute atomic E-state index is 12.4. The van der Waals surface area contributed by atoms with E-state index in [1.165, 1.54) is 6.07 Å². The van der Waals surface area contributed by atoms with Gasteiger partial charge in [-0.3, -0.25) is 4.79 Å². The molecule has 0 spiro atoms. The van der Waals surface area contributed by atoms with Crippen molar-refractivity contribution in [2.45, 2.75) is 6.18 Å². The van der Waals surface area contributed by atoms with Crippen LogP contribution < -0.4 is 5.32 Å². The maximum atomic E-state index is 12.4. The molecule has 1 aromatic carbocycles. The van der Waals surface area contributed by atoms with E-state index in [1.54, 1.807) is 0 Å². The quantitative estimate of drug-likeness (QED) is 0.595. The van der Waals surface area contributed by atoms with Gasteiger partial charge in [-0.05, 0) is 29.8 Å². The zero-order valence-corrected chi connectivity index (χ0v) is 8.54. The fraction of sp³-hybridized carbons (Fsp3) is 0.125. The summed E-state index contributed by atoms with van der Waals surface area (Å²) in [6, 6.07) is 2.97. The van der Waals surface area contributed by atoms with Crippen molar-refractivity contribution in [1.82, 2.24) is 0 Å². The number of rotatable bonds is 1. The summed E-state index contributed by atoms with van der Waals surface area (Å²) >= 11 is 10.3. The van der Waals surface area contributed by atoms with Crippen LogP contribution in [0.15, 0.2) is 18.2 Å². The van der Waals surface area contributed by atoms with Gasteiger partial charge in [-0.15, -0.1) is 0 Å². The van der Waals surface area contributed by atoms with Gasteiger partial charge in [0.15, 0.2) is 0 Å². The van der Waals surface area contributed by atoms with Crippen LogP contribution >= 0.6 is 23.2 Å². The summed E-state index contributed by atoms with van der Waals surface area (Å²) in [6.45, 7) is 0. The van der Waals surface area contributed by atoms with Crippen LogP contribution in [0.3, 0.4) is 0 Å². The van der Waals surface area contributed by atoms with Gasteiger partial charge in [0.1, 0.15) is 0 Å². The maximum Gasteiger partial charge on any atom is 0.418 e. The van der Waals surface area contributed by atoms with E-state index < -0.39 is 22.8 Å². The predicted octanol–water partition coefficient (Wildman–Crippen LogP) is 4.13. The third-order valence-corrected chi connectivity index (χ3v) is 1.85. The summed E-state index contributed by atoms with van der Waals surface area (Å²) < 4.78 is 37.3. The van der Waals surface area contributed by atoms with Crippen molar-refractivity contribution < 1.29 is 18.0 Å². The number of hydrogen-bond acceptors (Lipinski definition) is 1. The number of hydrogen-bond donors (Lipinski definition) is 1. The molecule has 0 bridgehead atoms. The fourth-order valence-electron chi connectivity index (χ4n) is 0.966. The second-order valence-electron chi connectivity index (χ2n) is 2.59. The molecule has 0 aliphatic heterocycles. The minimum Gasteiger partial charge on any atom is -0.312 e. The normalized spacial score (nSPS) is 11.3. The lowest BCUT2D eigenvalue weighted by Gasteiger charge is -2.12. The van der Waals surface area contributed by atoms with Gasteiger partial charge in [0.05, 0.1) is 11.3 Å². The standard InChI is InChI=1S/C8H4Cl2F3NO/c9-4-1-2-6(14-7(10)15)5(3-4)8(11,12)13/h1-3H,(H,14,15). The molecule has 0 fully saturated rings. The molecule has 82 valence electrons. The number of alkyl halides is 3. The van der Waals surface area contributed by atoms with E-state index in [2.05, 4.69) is 0 Å². The molecular formula is C8H4Cl2F3NO. The summed E-state index contributed by atoms with van der Waals surface area (Å²) in [5.74, 6) is 0. The SMILES string of the molecule is O=C(Cl)Nc1ccc(Cl)cc1C(F)(F)F. The van der Waals surface area contributed by atoms with Gasteiger partial charge in [-0.25, -0.2) is 0 Å². The van der Waals surface area contributed by atoms with Crippen LogP contribution in [0.4, 0.5) is 23.7 Å². The summed E-state index contributed by atoms with van der Waals surface area (Å²) in [4.78, 5) is 10.4. The van der Waals surface area contributed by atoms with Crippen LogP contribution in [0.25, 0.3) is 0 Å². The van der Waals surface area contributed by atoms with E-state index in [-0.39, 0.29) is 5.02 Å². The third-order valence-electron chi connectivity index (χ3n) is 1.52. The zero-order valence-electron chi connectivity index (χ0n) is 7.03. The molecule has 15 heavy (non-hydrogen) atoms. The molecule has 1 amide bonds. The zero-order chi connectivity index (χ0) is 11.6. The summed E-state index contributed by atoms with van der Waals surface area (Å²) in [5.41, 5.74) is -1.46. The molecule has 0 aromatic heterocycles. The molecule has 0 radical (unpaired) electrons. The molecule has 7 heteroatoms. The molecule has 0 aliphatic carbocycles. The van der Waals surface area contributed by atoms with Gasteiger partial charge >= 0.3 is 11.5 Å². The van der Waals surface area contributed by atoms with E-state index >= 15 is 0 Å². The Balaban J connectivity index is 3.20. The highest BCUT2D eigenvalue weighted by Crippen LogP contribution is 2.36. The fourth-order valence-corrected chi connectivity index (χ4v) is 1.24. The first kappa shape index (κ1) is 12.1. The van der Waals surface area contributed by atoms with Gasteiger partial charge in [0.2, 0.25) is 0 Å². The molecule has 0 aliphatic rings. The summed E-state index contributed by atoms with van der Waals surface area (Å²) in [5, 5.41) is 0.686. The van der Waals surface area contributed by atoms with Crippen molar-refractivity contribution in [2.24, 2.45) is 0 Å². The molecule has 1 rings (SSSR count). The Morgan fingerprint density at radius 3 is 2.40 bits per heavy atom. The number of benzene rings is 1. The van der Waals surface area contributed by atoms with Crippen LogP contribution in [0.1, 0.15) is 5.56 Å². The first-order valence-corrected chi connectivity index (χ1v) is 4.39. The Bertz CT molecular complexity index is 392. The van der Waals surface area contributed by atoms with E-state index in [4.69, 9.17) is 23.2 Å². The van der Waals surface area contributed by atoms with Crippen molar-refractivity contribution >= 4 is 34.3 Å². The predicted molar refractivity (Wildman–Crippen MR) is 51.3 cm³/mol. The highest BCUT2D eigenvalue weighted by Gasteiger charge is 2.34. The van der Waals surface area contributed by atoms with Gasteiger partial charge in [-0.2, -0.15) is 13.2 Å². The summed E-state index contributed by atoms with van der Waals surface area (Å²) in [7, 11) is 0. The number of halogens is 5. The molecule has 0 saturated heterocycles. The van der Waals surface area contributed by atoms with Gasteiger partial charge in [0.25, 0.3) is 0 Å². The highest BCUT2D eigenvalue weighted by atomic mass is 35.5. The van der Waals surface area contributed by atoms with Crippen molar-refractivity contribution in [3.05, 3.63) is 28.8 Å². The number of carbonyl (C=O) groups is 1. The van der Waals surface area contributed by atoms with Crippen LogP contribution in [0.2, 0.25) is 5.02 Å². The van der Waals surface area contributed by atoms with Crippen molar-refractivity contribution in [3.8, 4) is 0 Å². The largest absolute Gasteiger partial charge is 0.418 e. The van der Waals surface area contributed by atoms with E-state index in [1.807, 2.05) is 5.32 Å². The van der Waals surface area contributed by atoms with Crippen molar-refractivity contribution in [1.29, 1.82) is 0 Å².